The molecule has 2 N–H and O–H groups in total. The number of hydrogen-bond donors (Lipinski definition) is 1. The molecule has 10 nitrogen and oxygen atoms in total. The van der Waals surface area contributed by atoms with Crippen molar-refractivity contribution in [1.29, 1.82) is 5.26 Å². The Morgan fingerprint density at radius 3 is 2.73 bits per heavy atom. The first kappa shape index (κ1) is 26.4. The van der Waals surface area contributed by atoms with E-state index in [-0.39, 0.29) is 34.3 Å². The predicted octanol–water partition coefficient (Wildman–Crippen LogP) is 4.66. The van der Waals surface area contributed by atoms with Gasteiger partial charge in [-0.05, 0) is 37.1 Å². The first-order chi connectivity index (χ1) is 19.8. The number of para-hydroxylation sites is 1. The third-order valence-corrected chi connectivity index (χ3v) is 7.43. The third-order valence-electron chi connectivity index (χ3n) is 7.43. The number of hydrogen-bond acceptors (Lipinski definition) is 8. The van der Waals surface area contributed by atoms with E-state index >= 15 is 4.39 Å². The predicted molar refractivity (Wildman–Crippen MR) is 149 cm³/mol. The first-order valence-electron chi connectivity index (χ1n) is 13.4. The fourth-order valence-electron chi connectivity index (χ4n) is 5.32. The van der Waals surface area contributed by atoms with Crippen molar-refractivity contribution in [1.82, 2.24) is 24.6 Å². The molecule has 0 spiro atoms. The Morgan fingerprint density at radius 1 is 1.22 bits per heavy atom. The highest BCUT2D eigenvalue weighted by atomic mass is 19.1. The molecule has 4 heterocycles. The van der Waals surface area contributed by atoms with Crippen LogP contribution in [0.4, 0.5) is 10.2 Å². The van der Waals surface area contributed by atoms with E-state index in [0.717, 1.165) is 0 Å². The minimum atomic E-state index is -0.536. The number of fused-ring (bicyclic) bond motifs is 1. The van der Waals surface area contributed by atoms with Gasteiger partial charge in [-0.3, -0.25) is 4.79 Å². The quantitative estimate of drug-likeness (QED) is 0.269. The summed E-state index contributed by atoms with van der Waals surface area (Å²) in [5.74, 6) is 0.250. The summed E-state index contributed by atoms with van der Waals surface area (Å²) in [4.78, 5) is 23.6. The van der Waals surface area contributed by atoms with E-state index in [1.165, 1.54) is 12.4 Å². The minimum Gasteiger partial charge on any atom is -0.457 e. The van der Waals surface area contributed by atoms with Crippen LogP contribution in [0.15, 0.2) is 66.5 Å². The van der Waals surface area contributed by atoms with E-state index < -0.39 is 5.82 Å². The lowest BCUT2D eigenvalue weighted by atomic mass is 9.86. The number of ether oxygens (including phenoxy) is 2. The molecule has 41 heavy (non-hydrogen) atoms. The average Bonchev–Trinajstić information content (AvgIpc) is 3.36. The Kier molecular flexibility index (Phi) is 6.85. The number of amides is 1. The van der Waals surface area contributed by atoms with E-state index in [2.05, 4.69) is 16.0 Å². The van der Waals surface area contributed by atoms with Gasteiger partial charge in [0.05, 0.1) is 24.6 Å². The second-order valence-electron chi connectivity index (χ2n) is 10.7. The maximum Gasteiger partial charge on any atom is 0.264 e. The molecule has 1 atom stereocenters. The Balaban J connectivity index is 1.32. The summed E-state index contributed by atoms with van der Waals surface area (Å²) >= 11 is 0. The first-order valence-corrected chi connectivity index (χ1v) is 13.4. The molecular formula is C30H28FN7O3. The molecule has 0 saturated carbocycles. The zero-order chi connectivity index (χ0) is 28.6. The van der Waals surface area contributed by atoms with Crippen LogP contribution < -0.4 is 10.5 Å². The van der Waals surface area contributed by atoms with Crippen LogP contribution in [0.2, 0.25) is 0 Å². The van der Waals surface area contributed by atoms with Gasteiger partial charge < -0.3 is 20.1 Å². The summed E-state index contributed by atoms with van der Waals surface area (Å²) in [5.41, 5.74) is 7.03. The van der Waals surface area contributed by atoms with Crippen molar-refractivity contribution >= 4 is 22.8 Å². The molecule has 2 aromatic heterocycles. The van der Waals surface area contributed by atoms with Crippen LogP contribution >= 0.6 is 0 Å². The van der Waals surface area contributed by atoms with Crippen molar-refractivity contribution in [2.45, 2.75) is 25.8 Å². The zero-order valence-corrected chi connectivity index (χ0v) is 22.5. The Bertz CT molecular complexity index is 1690. The molecule has 208 valence electrons. The van der Waals surface area contributed by atoms with Gasteiger partial charge in [-0.1, -0.05) is 31.2 Å². The van der Waals surface area contributed by atoms with Crippen molar-refractivity contribution in [3.8, 4) is 28.8 Å². The Hall–Kier alpha value is -4.82. The summed E-state index contributed by atoms with van der Waals surface area (Å²) < 4.78 is 28.3. The van der Waals surface area contributed by atoms with Crippen molar-refractivity contribution in [2.24, 2.45) is 5.41 Å². The molecule has 0 unspecified atom stereocenters. The van der Waals surface area contributed by atoms with E-state index in [0.29, 0.717) is 67.4 Å². The summed E-state index contributed by atoms with van der Waals surface area (Å²) in [6, 6.07) is 15.5. The van der Waals surface area contributed by atoms with Gasteiger partial charge in [-0.15, -0.1) is 0 Å². The van der Waals surface area contributed by atoms with E-state index in [1.807, 2.05) is 25.1 Å². The van der Waals surface area contributed by atoms with E-state index in [4.69, 9.17) is 20.3 Å². The van der Waals surface area contributed by atoms with Crippen LogP contribution in [0, 0.1) is 22.6 Å². The molecule has 11 heteroatoms. The second-order valence-corrected chi connectivity index (χ2v) is 10.7. The fraction of sp³-hybridized carbons (Fsp3) is 0.300. The van der Waals surface area contributed by atoms with Gasteiger partial charge in [0.2, 0.25) is 0 Å². The van der Waals surface area contributed by atoms with Crippen LogP contribution in [0.5, 0.6) is 11.5 Å². The topological polar surface area (TPSA) is 132 Å². The minimum absolute atomic E-state index is 0.105. The lowest BCUT2D eigenvalue weighted by molar-refractivity contribution is -0.128. The number of nitrogen functional groups attached to an aromatic ring is 1. The Labute approximate surface area is 235 Å². The number of carbonyl (C=O) groups excluding carboxylic acids is 1. The van der Waals surface area contributed by atoms with Crippen molar-refractivity contribution in [2.75, 3.05) is 32.0 Å². The van der Waals surface area contributed by atoms with Gasteiger partial charge in [0.1, 0.15) is 46.8 Å². The number of benzene rings is 2. The van der Waals surface area contributed by atoms with Gasteiger partial charge >= 0.3 is 0 Å². The molecule has 6 rings (SSSR count). The number of anilines is 1. The van der Waals surface area contributed by atoms with Crippen LogP contribution in [0.25, 0.3) is 22.3 Å². The number of rotatable bonds is 6. The van der Waals surface area contributed by atoms with Gasteiger partial charge in [0, 0.05) is 30.1 Å². The second kappa shape index (κ2) is 10.6. The van der Waals surface area contributed by atoms with Gasteiger partial charge in [0.25, 0.3) is 5.91 Å². The lowest BCUT2D eigenvalue weighted by Crippen LogP contribution is -2.43. The molecule has 2 aliphatic rings. The molecule has 4 aromatic rings. The number of nitrogens with two attached hydrogens (primary N) is 1. The summed E-state index contributed by atoms with van der Waals surface area (Å²) in [7, 11) is 0. The number of piperidine rings is 1. The number of likely N-dealkylation sites (tertiary alicyclic amines) is 1. The average molecular weight is 554 g/mol. The van der Waals surface area contributed by atoms with Crippen LogP contribution in [0.3, 0.4) is 0 Å². The molecule has 2 aliphatic heterocycles. The standard InChI is InChI=1S/C30H28FN7O3/c1-30(16-40-17-30)13-19(14-32)29(39)37-11-5-6-20(15-37)38-28-25(27(33)34-18-35-28)26(36-38)23-10-9-22(12-24(23)31)41-21-7-3-2-4-8-21/h2-4,7-10,12-13,18,20H,5-6,11,15-17H2,1H3,(H2,33,34,35)/b19-13+/t20-/m0/s1. The molecule has 2 saturated heterocycles. The van der Waals surface area contributed by atoms with Gasteiger partial charge in [-0.2, -0.15) is 10.4 Å². The summed E-state index contributed by atoms with van der Waals surface area (Å²) in [6.07, 6.45) is 4.47. The summed E-state index contributed by atoms with van der Waals surface area (Å²) in [5, 5.41) is 14.9. The van der Waals surface area contributed by atoms with Crippen molar-refractivity contribution < 1.29 is 18.7 Å². The normalized spacial score (nSPS) is 18.5. The van der Waals surface area contributed by atoms with Crippen molar-refractivity contribution in [3.63, 3.8) is 0 Å². The van der Waals surface area contributed by atoms with E-state index in [9.17, 15) is 10.1 Å². The number of nitriles is 1. The Morgan fingerprint density at radius 2 is 2.02 bits per heavy atom. The lowest BCUT2D eigenvalue weighted by Gasteiger charge is -2.36. The van der Waals surface area contributed by atoms with Crippen LogP contribution in [0.1, 0.15) is 25.8 Å². The number of nitrogens with zero attached hydrogens (tertiary/aromatic N) is 6. The van der Waals surface area contributed by atoms with Crippen molar-refractivity contribution in [3.05, 3.63) is 72.3 Å². The number of halogens is 1. The molecule has 0 bridgehead atoms. The smallest absolute Gasteiger partial charge is 0.264 e. The molecular weight excluding hydrogens is 525 g/mol. The maximum atomic E-state index is 15.5. The third kappa shape index (κ3) is 5.10. The van der Waals surface area contributed by atoms with E-state index in [1.54, 1.807) is 39.9 Å². The molecule has 2 aromatic carbocycles. The molecule has 0 aliphatic carbocycles. The maximum absolute atomic E-state index is 15.5. The molecule has 1 amide bonds. The monoisotopic (exact) mass is 553 g/mol. The molecule has 2 fully saturated rings. The zero-order valence-electron chi connectivity index (χ0n) is 22.5. The summed E-state index contributed by atoms with van der Waals surface area (Å²) in [6.45, 7) is 3.75. The number of aromatic nitrogens is 4. The highest BCUT2D eigenvalue weighted by Crippen LogP contribution is 2.37. The number of carbonyl (C=O) groups is 1. The van der Waals surface area contributed by atoms with Crippen LogP contribution in [-0.2, 0) is 9.53 Å². The largest absolute Gasteiger partial charge is 0.457 e. The molecule has 0 radical (unpaired) electrons. The van der Waals surface area contributed by atoms with Crippen LogP contribution in [-0.4, -0.2) is 56.9 Å². The SMILES string of the molecule is CC1(/C=C(\C#N)C(=O)N2CCC[C@H](n3nc(-c4ccc(Oc5ccccc5)cc4F)c4c(N)ncnc43)C2)COC1. The highest BCUT2D eigenvalue weighted by molar-refractivity contribution is 5.99. The fourth-order valence-corrected chi connectivity index (χ4v) is 5.32. The van der Waals surface area contributed by atoms with Gasteiger partial charge in [-0.25, -0.2) is 19.0 Å². The van der Waals surface area contributed by atoms with Gasteiger partial charge in [0.15, 0.2) is 5.65 Å². The highest BCUT2D eigenvalue weighted by Gasteiger charge is 2.35.